The number of nitrogens with one attached hydrogen (secondary N) is 2. The highest BCUT2D eigenvalue weighted by Gasteiger charge is 2.15. The van der Waals surface area contributed by atoms with Crippen LogP contribution >= 0.6 is 0 Å². The van der Waals surface area contributed by atoms with Crippen LogP contribution in [0, 0.1) is 5.92 Å². The normalized spacial score (nSPS) is 11.8. The molecule has 30 heavy (non-hydrogen) atoms. The van der Waals surface area contributed by atoms with E-state index in [-0.39, 0.29) is 6.61 Å². The molecule has 0 saturated carbocycles. The molecule has 2 rings (SSSR count). The van der Waals surface area contributed by atoms with E-state index in [9.17, 15) is 9.90 Å². The van der Waals surface area contributed by atoms with Crippen molar-refractivity contribution in [3.05, 3.63) is 53.6 Å². The second kappa shape index (κ2) is 12.0. The number of amides is 2. The smallest absolute Gasteiger partial charge is 0.319 e. The molecule has 0 heterocycles. The average molecular weight is 416 g/mol. The second-order valence-corrected chi connectivity index (χ2v) is 7.53. The highest BCUT2D eigenvalue weighted by molar-refractivity contribution is 5.90. The van der Waals surface area contributed by atoms with Crippen LogP contribution in [0.3, 0.4) is 0 Å². The van der Waals surface area contributed by atoms with Gasteiger partial charge in [0.05, 0.1) is 26.4 Å². The van der Waals surface area contributed by atoms with Crippen molar-refractivity contribution in [1.29, 1.82) is 0 Å². The lowest BCUT2D eigenvalue weighted by molar-refractivity contribution is 0.225. The molecule has 2 aromatic carbocycles. The molecule has 164 valence electrons. The lowest BCUT2D eigenvalue weighted by Crippen LogP contribution is -2.34. The molecule has 0 aliphatic carbocycles. The van der Waals surface area contributed by atoms with Crippen molar-refractivity contribution in [1.82, 2.24) is 5.32 Å². The van der Waals surface area contributed by atoms with Crippen LogP contribution in [0.25, 0.3) is 0 Å². The predicted molar refractivity (Wildman–Crippen MR) is 119 cm³/mol. The summed E-state index contributed by atoms with van der Waals surface area (Å²) >= 11 is 0. The van der Waals surface area contributed by atoms with Gasteiger partial charge < -0.3 is 30.9 Å². The van der Waals surface area contributed by atoms with Crippen molar-refractivity contribution < 1.29 is 19.4 Å². The zero-order chi connectivity index (χ0) is 21.9. The fourth-order valence-electron chi connectivity index (χ4n) is 3.04. The number of carbonyl (C=O) groups excluding carboxylic acids is 1. The molecule has 0 spiro atoms. The highest BCUT2D eigenvalue weighted by atomic mass is 16.5. The van der Waals surface area contributed by atoms with E-state index < -0.39 is 12.1 Å². The fourth-order valence-corrected chi connectivity index (χ4v) is 3.04. The Morgan fingerprint density at radius 3 is 2.63 bits per heavy atom. The lowest BCUT2D eigenvalue weighted by atomic mass is 10.0. The molecule has 0 saturated heterocycles. The summed E-state index contributed by atoms with van der Waals surface area (Å²) in [6.07, 6.45) is 2.02. The first-order valence-corrected chi connectivity index (χ1v) is 10.2. The maximum Gasteiger partial charge on any atom is 0.319 e. The average Bonchev–Trinajstić information content (AvgIpc) is 2.75. The number of methoxy groups -OCH3 is 1. The van der Waals surface area contributed by atoms with Crippen LogP contribution in [0.4, 0.5) is 10.5 Å². The van der Waals surface area contributed by atoms with Gasteiger partial charge in [0, 0.05) is 18.3 Å². The third-order valence-electron chi connectivity index (χ3n) is 4.68. The van der Waals surface area contributed by atoms with Gasteiger partial charge in [0.25, 0.3) is 0 Å². The first-order valence-electron chi connectivity index (χ1n) is 10.2. The molecule has 2 aromatic rings. The summed E-state index contributed by atoms with van der Waals surface area (Å²) in [4.78, 5) is 12.5. The third kappa shape index (κ3) is 7.24. The summed E-state index contributed by atoms with van der Waals surface area (Å²) in [5.41, 5.74) is 7.97. The molecule has 7 nitrogen and oxygen atoms in total. The number of hydrogen-bond acceptors (Lipinski definition) is 5. The number of nitrogens with two attached hydrogens (primary N) is 1. The van der Waals surface area contributed by atoms with Crippen molar-refractivity contribution >= 4 is 11.7 Å². The van der Waals surface area contributed by atoms with Gasteiger partial charge in [-0.1, -0.05) is 38.1 Å². The van der Waals surface area contributed by atoms with Crippen molar-refractivity contribution in [2.75, 3.05) is 25.6 Å². The molecule has 0 bridgehead atoms. The molecule has 5 N–H and O–H groups in total. The van der Waals surface area contributed by atoms with Crippen LogP contribution in [0.15, 0.2) is 42.5 Å². The van der Waals surface area contributed by atoms with Gasteiger partial charge in [0.2, 0.25) is 0 Å². The van der Waals surface area contributed by atoms with Crippen molar-refractivity contribution in [2.45, 2.75) is 39.3 Å². The van der Waals surface area contributed by atoms with Crippen LogP contribution in [0.5, 0.6) is 11.5 Å². The quantitative estimate of drug-likeness (QED) is 0.418. The minimum atomic E-state index is -0.540. The maximum absolute atomic E-state index is 12.5. The van der Waals surface area contributed by atoms with E-state index in [1.54, 1.807) is 25.3 Å². The Balaban J connectivity index is 2.01. The molecular weight excluding hydrogens is 382 g/mol. The number of aliphatic hydroxyl groups is 1. The third-order valence-corrected chi connectivity index (χ3v) is 4.68. The Kier molecular flexibility index (Phi) is 9.44. The van der Waals surface area contributed by atoms with Gasteiger partial charge >= 0.3 is 6.03 Å². The van der Waals surface area contributed by atoms with Crippen LogP contribution in [-0.4, -0.2) is 31.5 Å². The fraction of sp³-hybridized carbons (Fsp3) is 0.435. The van der Waals surface area contributed by atoms with E-state index in [1.807, 2.05) is 24.3 Å². The van der Waals surface area contributed by atoms with Gasteiger partial charge in [-0.05, 0) is 42.0 Å². The van der Waals surface area contributed by atoms with Crippen LogP contribution in [0.1, 0.15) is 43.9 Å². The number of anilines is 1. The van der Waals surface area contributed by atoms with Crippen molar-refractivity contribution in [2.24, 2.45) is 11.7 Å². The standard InChI is InChI=1S/C23H33N3O4/c1-16(2)6-5-11-30-22-13-19(9-10-21(22)29-3)25-23(28)26-20(15-27)18-8-4-7-17(12-18)14-24/h4,7-10,12-13,16,20,27H,5-6,11,14-15,24H2,1-3H3,(H2,25,26,28). The minimum absolute atomic E-state index is 0.228. The topological polar surface area (TPSA) is 106 Å². The number of carbonyl (C=O) groups is 1. The molecule has 0 aliphatic rings. The zero-order valence-corrected chi connectivity index (χ0v) is 18.0. The predicted octanol–water partition coefficient (Wildman–Crippen LogP) is 3.82. The number of hydrogen-bond donors (Lipinski definition) is 4. The Bertz CT molecular complexity index is 811. The highest BCUT2D eigenvalue weighted by Crippen LogP contribution is 2.30. The summed E-state index contributed by atoms with van der Waals surface area (Å²) < 4.78 is 11.2. The molecule has 0 fully saturated rings. The van der Waals surface area contributed by atoms with Crippen LogP contribution in [0.2, 0.25) is 0 Å². The van der Waals surface area contributed by atoms with E-state index in [1.165, 1.54) is 0 Å². The van der Waals surface area contributed by atoms with Gasteiger partial charge in [-0.3, -0.25) is 0 Å². The Morgan fingerprint density at radius 2 is 1.97 bits per heavy atom. The number of urea groups is 1. The van der Waals surface area contributed by atoms with Gasteiger partial charge in [-0.2, -0.15) is 0 Å². The number of benzene rings is 2. The molecule has 0 aliphatic heterocycles. The summed E-state index contributed by atoms with van der Waals surface area (Å²) in [6.45, 7) is 5.10. The summed E-state index contributed by atoms with van der Waals surface area (Å²) in [6, 6.07) is 11.7. The molecule has 0 aromatic heterocycles. The molecule has 1 atom stereocenters. The molecule has 7 heteroatoms. The maximum atomic E-state index is 12.5. The van der Waals surface area contributed by atoms with Crippen LogP contribution < -0.4 is 25.8 Å². The Labute approximate surface area is 178 Å². The number of aliphatic hydroxyl groups excluding tert-OH is 1. The molecular formula is C23H33N3O4. The van der Waals surface area contributed by atoms with E-state index in [0.29, 0.717) is 36.3 Å². The van der Waals surface area contributed by atoms with E-state index in [0.717, 1.165) is 24.0 Å². The van der Waals surface area contributed by atoms with E-state index in [4.69, 9.17) is 15.2 Å². The Morgan fingerprint density at radius 1 is 1.17 bits per heavy atom. The van der Waals surface area contributed by atoms with E-state index in [2.05, 4.69) is 24.5 Å². The van der Waals surface area contributed by atoms with Crippen molar-refractivity contribution in [3.8, 4) is 11.5 Å². The lowest BCUT2D eigenvalue weighted by Gasteiger charge is -2.18. The molecule has 0 radical (unpaired) electrons. The minimum Gasteiger partial charge on any atom is -0.493 e. The van der Waals surface area contributed by atoms with Crippen LogP contribution in [-0.2, 0) is 6.54 Å². The van der Waals surface area contributed by atoms with E-state index >= 15 is 0 Å². The number of ether oxygens (including phenoxy) is 2. The molecule has 2 amide bonds. The summed E-state index contributed by atoms with van der Waals surface area (Å²) in [5.74, 6) is 1.81. The summed E-state index contributed by atoms with van der Waals surface area (Å²) in [5, 5.41) is 15.3. The first-order chi connectivity index (χ1) is 14.5. The SMILES string of the molecule is COc1ccc(NC(=O)NC(CO)c2cccc(CN)c2)cc1OCCCC(C)C. The molecule has 1 unspecified atom stereocenters. The zero-order valence-electron chi connectivity index (χ0n) is 18.0. The Hall–Kier alpha value is -2.77. The van der Waals surface area contributed by atoms with Gasteiger partial charge in [-0.25, -0.2) is 4.79 Å². The van der Waals surface area contributed by atoms with Gasteiger partial charge in [0.1, 0.15) is 0 Å². The number of rotatable bonds is 11. The second-order valence-electron chi connectivity index (χ2n) is 7.53. The largest absolute Gasteiger partial charge is 0.493 e. The monoisotopic (exact) mass is 415 g/mol. The summed E-state index contributed by atoms with van der Waals surface area (Å²) in [7, 11) is 1.58. The van der Waals surface area contributed by atoms with Gasteiger partial charge in [0.15, 0.2) is 11.5 Å². The van der Waals surface area contributed by atoms with Gasteiger partial charge in [-0.15, -0.1) is 0 Å². The first kappa shape index (κ1) is 23.5. The van der Waals surface area contributed by atoms with Crippen molar-refractivity contribution in [3.63, 3.8) is 0 Å².